The predicted octanol–water partition coefficient (Wildman–Crippen LogP) is -0.00350. The summed E-state index contributed by atoms with van der Waals surface area (Å²) in [7, 11) is 0. The van der Waals surface area contributed by atoms with E-state index in [2.05, 4.69) is 5.32 Å². The molecule has 0 radical (unpaired) electrons. The van der Waals surface area contributed by atoms with Gasteiger partial charge in [-0.25, -0.2) is 0 Å². The number of nitrogens with one attached hydrogen (secondary N) is 1. The molecule has 0 unspecified atom stereocenters. The van der Waals surface area contributed by atoms with E-state index in [0.717, 1.165) is 25.7 Å². The summed E-state index contributed by atoms with van der Waals surface area (Å²) in [4.78, 5) is 25.1. The van der Waals surface area contributed by atoms with Gasteiger partial charge in [-0.05, 0) is 12.8 Å². The Morgan fingerprint density at radius 3 is 2.76 bits per heavy atom. The van der Waals surface area contributed by atoms with Crippen LogP contribution in [0.3, 0.4) is 0 Å². The highest BCUT2D eigenvalue weighted by atomic mass is 16.2. The van der Waals surface area contributed by atoms with Gasteiger partial charge in [-0.2, -0.15) is 0 Å². The fourth-order valence-corrected chi connectivity index (χ4v) is 2.69. The van der Waals surface area contributed by atoms with Gasteiger partial charge in [0.15, 0.2) is 0 Å². The lowest BCUT2D eigenvalue weighted by Crippen LogP contribution is -2.44. The molecular weight excluding hydrogens is 218 g/mol. The first-order valence-electron chi connectivity index (χ1n) is 6.42. The van der Waals surface area contributed by atoms with Crippen molar-refractivity contribution in [2.75, 3.05) is 19.6 Å². The monoisotopic (exact) mass is 239 g/mol. The normalized spacial score (nSPS) is 24.3. The van der Waals surface area contributed by atoms with E-state index < -0.39 is 0 Å². The minimum absolute atomic E-state index is 0.0311. The number of carbonyl (C=O) groups is 2. The van der Waals surface area contributed by atoms with Gasteiger partial charge >= 0.3 is 0 Å². The second kappa shape index (κ2) is 5.04. The van der Waals surface area contributed by atoms with E-state index in [0.29, 0.717) is 32.5 Å². The van der Waals surface area contributed by atoms with Gasteiger partial charge in [0.05, 0.1) is 0 Å². The molecule has 1 heterocycles. The van der Waals surface area contributed by atoms with Crippen LogP contribution in [-0.2, 0) is 9.59 Å². The summed E-state index contributed by atoms with van der Waals surface area (Å²) in [5, 5.41) is 2.77. The van der Waals surface area contributed by atoms with E-state index in [4.69, 9.17) is 5.73 Å². The Balaban J connectivity index is 1.88. The van der Waals surface area contributed by atoms with Crippen LogP contribution < -0.4 is 11.1 Å². The van der Waals surface area contributed by atoms with Crippen LogP contribution in [0.2, 0.25) is 0 Å². The third kappa shape index (κ3) is 3.19. The SMILES string of the molecule is NC1(CC(=O)N2CCNC(=O)CC2)CCCC1. The lowest BCUT2D eigenvalue weighted by molar-refractivity contribution is -0.132. The van der Waals surface area contributed by atoms with Crippen molar-refractivity contribution in [2.24, 2.45) is 5.73 Å². The number of carbonyl (C=O) groups excluding carboxylic acids is 2. The zero-order valence-electron chi connectivity index (χ0n) is 10.2. The second-order valence-electron chi connectivity index (χ2n) is 5.23. The zero-order chi connectivity index (χ0) is 12.3. The molecule has 0 spiro atoms. The Bertz CT molecular complexity index is 311. The third-order valence-electron chi connectivity index (χ3n) is 3.77. The van der Waals surface area contributed by atoms with Crippen LogP contribution in [0.25, 0.3) is 0 Å². The summed E-state index contributed by atoms with van der Waals surface area (Å²) < 4.78 is 0. The number of nitrogens with zero attached hydrogens (tertiary/aromatic N) is 1. The molecule has 1 saturated heterocycles. The first-order valence-corrected chi connectivity index (χ1v) is 6.42. The van der Waals surface area contributed by atoms with Crippen molar-refractivity contribution in [3.63, 3.8) is 0 Å². The molecule has 0 atom stereocenters. The lowest BCUT2D eigenvalue weighted by atomic mass is 9.94. The molecule has 0 aromatic heterocycles. The Hall–Kier alpha value is -1.10. The summed E-state index contributed by atoms with van der Waals surface area (Å²) in [5.74, 6) is 0.134. The number of nitrogens with two attached hydrogens (primary N) is 1. The molecule has 96 valence electrons. The van der Waals surface area contributed by atoms with E-state index in [-0.39, 0.29) is 17.4 Å². The molecule has 5 nitrogen and oxygen atoms in total. The Morgan fingerprint density at radius 2 is 2.06 bits per heavy atom. The smallest absolute Gasteiger partial charge is 0.224 e. The molecule has 2 fully saturated rings. The number of hydrogen-bond donors (Lipinski definition) is 2. The maximum Gasteiger partial charge on any atom is 0.224 e. The maximum absolute atomic E-state index is 12.1. The Kier molecular flexibility index (Phi) is 3.66. The number of hydrogen-bond acceptors (Lipinski definition) is 3. The van der Waals surface area contributed by atoms with Crippen LogP contribution in [0.5, 0.6) is 0 Å². The summed E-state index contributed by atoms with van der Waals surface area (Å²) in [6.45, 7) is 1.70. The van der Waals surface area contributed by atoms with Crippen LogP contribution in [0.1, 0.15) is 38.5 Å². The fraction of sp³-hybridized carbons (Fsp3) is 0.833. The molecule has 3 N–H and O–H groups in total. The van der Waals surface area contributed by atoms with E-state index in [9.17, 15) is 9.59 Å². The van der Waals surface area contributed by atoms with Crippen molar-refractivity contribution < 1.29 is 9.59 Å². The molecule has 1 saturated carbocycles. The minimum atomic E-state index is -0.291. The average Bonchev–Trinajstić information content (AvgIpc) is 2.57. The standard InChI is InChI=1S/C12H21N3O2/c13-12(4-1-2-5-12)9-11(17)15-7-3-10(16)14-6-8-15/h1-9,13H2,(H,14,16). The van der Waals surface area contributed by atoms with Gasteiger partial charge in [0, 0.05) is 38.0 Å². The molecule has 2 rings (SSSR count). The van der Waals surface area contributed by atoms with Crippen LogP contribution in [0.4, 0.5) is 0 Å². The predicted molar refractivity (Wildman–Crippen MR) is 64.2 cm³/mol. The minimum Gasteiger partial charge on any atom is -0.354 e. The van der Waals surface area contributed by atoms with Gasteiger partial charge in [-0.1, -0.05) is 12.8 Å². The zero-order valence-corrected chi connectivity index (χ0v) is 10.2. The quantitative estimate of drug-likeness (QED) is 0.712. The lowest BCUT2D eigenvalue weighted by Gasteiger charge is -2.27. The van der Waals surface area contributed by atoms with E-state index in [1.165, 1.54) is 0 Å². The van der Waals surface area contributed by atoms with Gasteiger partial charge < -0.3 is 16.0 Å². The van der Waals surface area contributed by atoms with Gasteiger partial charge in [0.2, 0.25) is 11.8 Å². The largest absolute Gasteiger partial charge is 0.354 e. The molecule has 5 heteroatoms. The second-order valence-corrected chi connectivity index (χ2v) is 5.23. The number of rotatable bonds is 2. The highest BCUT2D eigenvalue weighted by Crippen LogP contribution is 2.30. The summed E-state index contributed by atoms with van der Waals surface area (Å²) >= 11 is 0. The van der Waals surface area contributed by atoms with Gasteiger partial charge in [-0.15, -0.1) is 0 Å². The number of amides is 2. The summed E-state index contributed by atoms with van der Waals surface area (Å²) in [5.41, 5.74) is 5.91. The van der Waals surface area contributed by atoms with Crippen LogP contribution in [0, 0.1) is 0 Å². The molecule has 0 aromatic carbocycles. The highest BCUT2D eigenvalue weighted by molar-refractivity contribution is 5.80. The van der Waals surface area contributed by atoms with E-state index in [1.807, 2.05) is 0 Å². The Labute approximate surface area is 102 Å². The molecule has 2 amide bonds. The topological polar surface area (TPSA) is 75.4 Å². The first kappa shape index (κ1) is 12.4. The molecular formula is C12H21N3O2. The van der Waals surface area contributed by atoms with Crippen molar-refractivity contribution in [1.29, 1.82) is 0 Å². The third-order valence-corrected chi connectivity index (χ3v) is 3.77. The molecule has 2 aliphatic rings. The maximum atomic E-state index is 12.1. The summed E-state index contributed by atoms with van der Waals surface area (Å²) in [6, 6.07) is 0. The summed E-state index contributed by atoms with van der Waals surface area (Å²) in [6.07, 6.45) is 4.99. The van der Waals surface area contributed by atoms with Crippen molar-refractivity contribution in [2.45, 2.75) is 44.1 Å². The molecule has 1 aliphatic heterocycles. The van der Waals surface area contributed by atoms with Crippen molar-refractivity contribution in [3.05, 3.63) is 0 Å². The van der Waals surface area contributed by atoms with Crippen LogP contribution >= 0.6 is 0 Å². The van der Waals surface area contributed by atoms with E-state index in [1.54, 1.807) is 4.90 Å². The van der Waals surface area contributed by atoms with E-state index >= 15 is 0 Å². The highest BCUT2D eigenvalue weighted by Gasteiger charge is 2.33. The fourth-order valence-electron chi connectivity index (χ4n) is 2.69. The average molecular weight is 239 g/mol. The molecule has 1 aliphatic carbocycles. The molecule has 0 bridgehead atoms. The van der Waals surface area contributed by atoms with Crippen molar-refractivity contribution in [1.82, 2.24) is 10.2 Å². The first-order chi connectivity index (χ1) is 8.09. The van der Waals surface area contributed by atoms with Crippen LogP contribution in [-0.4, -0.2) is 41.9 Å². The van der Waals surface area contributed by atoms with Gasteiger partial charge in [0.1, 0.15) is 0 Å². The Morgan fingerprint density at radius 1 is 1.35 bits per heavy atom. The van der Waals surface area contributed by atoms with Crippen LogP contribution in [0.15, 0.2) is 0 Å². The van der Waals surface area contributed by atoms with Crippen molar-refractivity contribution in [3.8, 4) is 0 Å². The molecule has 17 heavy (non-hydrogen) atoms. The van der Waals surface area contributed by atoms with Crippen molar-refractivity contribution >= 4 is 11.8 Å². The van der Waals surface area contributed by atoms with Gasteiger partial charge in [-0.3, -0.25) is 9.59 Å². The molecule has 0 aromatic rings. The van der Waals surface area contributed by atoms with Gasteiger partial charge in [0.25, 0.3) is 0 Å².